The molecule has 2 aromatic rings. The second-order valence-electron chi connectivity index (χ2n) is 5.46. The van der Waals surface area contributed by atoms with Crippen molar-refractivity contribution in [2.75, 3.05) is 11.1 Å². The zero-order valence-corrected chi connectivity index (χ0v) is 12.8. The lowest BCUT2D eigenvalue weighted by molar-refractivity contribution is 0.718. The van der Waals surface area contributed by atoms with Gasteiger partial charge in [0, 0.05) is 12.7 Å². The molecular weight excluding hydrogens is 248 g/mol. The Morgan fingerprint density at radius 3 is 2.60 bits per heavy atom. The lowest BCUT2D eigenvalue weighted by atomic mass is 10.1. The number of hydrogen-bond acceptors (Lipinski definition) is 3. The first-order valence-electron chi connectivity index (χ1n) is 7.21. The summed E-state index contributed by atoms with van der Waals surface area (Å²) in [6, 6.07) is 8.36. The van der Waals surface area contributed by atoms with Crippen LogP contribution in [0.1, 0.15) is 44.4 Å². The average Bonchev–Trinajstić information content (AvgIpc) is 2.69. The third kappa shape index (κ3) is 2.79. The Balaban J connectivity index is 2.35. The average molecular weight is 272 g/mol. The van der Waals surface area contributed by atoms with Crippen LogP contribution in [-0.2, 0) is 13.5 Å². The number of nitrogen functional groups attached to an aromatic ring is 1. The molecule has 0 spiro atoms. The van der Waals surface area contributed by atoms with Gasteiger partial charge in [-0.15, -0.1) is 0 Å². The van der Waals surface area contributed by atoms with Crippen LogP contribution >= 0.6 is 0 Å². The lowest BCUT2D eigenvalue weighted by Crippen LogP contribution is -2.03. The van der Waals surface area contributed by atoms with Crippen LogP contribution in [-0.4, -0.2) is 9.78 Å². The fraction of sp³-hybridized carbons (Fsp3) is 0.438. The molecule has 0 aliphatic heterocycles. The lowest BCUT2D eigenvalue weighted by Gasteiger charge is -2.12. The summed E-state index contributed by atoms with van der Waals surface area (Å²) in [6.07, 6.45) is 2.18. The highest BCUT2D eigenvalue weighted by Crippen LogP contribution is 2.31. The Labute approximate surface area is 121 Å². The van der Waals surface area contributed by atoms with Crippen molar-refractivity contribution in [1.29, 1.82) is 0 Å². The Kier molecular flexibility index (Phi) is 4.32. The Morgan fingerprint density at radius 2 is 2.00 bits per heavy atom. The number of benzene rings is 1. The molecule has 0 bridgehead atoms. The minimum absolute atomic E-state index is 0.322. The topological polar surface area (TPSA) is 55.9 Å². The zero-order chi connectivity index (χ0) is 14.7. The van der Waals surface area contributed by atoms with Gasteiger partial charge in [-0.3, -0.25) is 4.68 Å². The number of aryl methyl sites for hydroxylation is 2. The van der Waals surface area contributed by atoms with E-state index in [1.54, 1.807) is 0 Å². The van der Waals surface area contributed by atoms with Gasteiger partial charge in [0.2, 0.25) is 0 Å². The van der Waals surface area contributed by atoms with Crippen LogP contribution in [0.5, 0.6) is 0 Å². The minimum atomic E-state index is 0.322. The van der Waals surface area contributed by atoms with Crippen molar-refractivity contribution >= 4 is 17.2 Å². The van der Waals surface area contributed by atoms with Crippen LogP contribution in [0.25, 0.3) is 0 Å². The van der Waals surface area contributed by atoms with Gasteiger partial charge in [-0.05, 0) is 24.0 Å². The van der Waals surface area contributed by atoms with Crippen LogP contribution in [0.4, 0.5) is 17.2 Å². The van der Waals surface area contributed by atoms with Gasteiger partial charge in [0.1, 0.15) is 0 Å². The van der Waals surface area contributed by atoms with E-state index in [4.69, 9.17) is 5.73 Å². The quantitative estimate of drug-likeness (QED) is 0.870. The third-order valence-corrected chi connectivity index (χ3v) is 3.45. The fourth-order valence-electron chi connectivity index (χ4n) is 2.39. The summed E-state index contributed by atoms with van der Waals surface area (Å²) in [4.78, 5) is 0. The van der Waals surface area contributed by atoms with Crippen LogP contribution < -0.4 is 11.1 Å². The monoisotopic (exact) mass is 272 g/mol. The van der Waals surface area contributed by atoms with Crippen LogP contribution in [0, 0.1) is 0 Å². The third-order valence-electron chi connectivity index (χ3n) is 3.45. The summed E-state index contributed by atoms with van der Waals surface area (Å²) < 4.78 is 1.83. The van der Waals surface area contributed by atoms with Gasteiger partial charge in [-0.1, -0.05) is 45.4 Å². The van der Waals surface area contributed by atoms with Gasteiger partial charge in [-0.25, -0.2) is 0 Å². The second kappa shape index (κ2) is 5.99. The van der Waals surface area contributed by atoms with E-state index >= 15 is 0 Å². The van der Waals surface area contributed by atoms with Gasteiger partial charge < -0.3 is 11.1 Å². The number of para-hydroxylation sites is 1. The second-order valence-corrected chi connectivity index (χ2v) is 5.46. The molecule has 1 aromatic heterocycles. The number of aromatic nitrogens is 2. The van der Waals surface area contributed by atoms with Gasteiger partial charge >= 0.3 is 0 Å². The van der Waals surface area contributed by atoms with Crippen LogP contribution in [0.3, 0.4) is 0 Å². The molecule has 1 heterocycles. The molecule has 20 heavy (non-hydrogen) atoms. The molecule has 4 nitrogen and oxygen atoms in total. The Morgan fingerprint density at radius 1 is 1.30 bits per heavy atom. The molecule has 0 amide bonds. The largest absolute Gasteiger partial charge is 0.394 e. The first-order chi connectivity index (χ1) is 9.54. The summed E-state index contributed by atoms with van der Waals surface area (Å²) in [6.45, 7) is 6.40. The molecule has 0 aliphatic carbocycles. The molecule has 4 heteroatoms. The maximum atomic E-state index is 6.23. The van der Waals surface area contributed by atoms with E-state index in [-0.39, 0.29) is 0 Å². The molecule has 2 rings (SSSR count). The summed E-state index contributed by atoms with van der Waals surface area (Å²) in [5.74, 6) is 1.19. The van der Waals surface area contributed by atoms with Gasteiger partial charge in [0.05, 0.1) is 11.4 Å². The van der Waals surface area contributed by atoms with E-state index in [1.807, 2.05) is 17.8 Å². The molecule has 108 valence electrons. The first kappa shape index (κ1) is 14.4. The fourth-order valence-corrected chi connectivity index (χ4v) is 2.39. The van der Waals surface area contributed by atoms with E-state index in [9.17, 15) is 0 Å². The molecular formula is C16H24N4. The van der Waals surface area contributed by atoms with Crippen molar-refractivity contribution in [1.82, 2.24) is 9.78 Å². The number of anilines is 3. The molecule has 0 fully saturated rings. The molecule has 0 unspecified atom stereocenters. The van der Waals surface area contributed by atoms with E-state index in [2.05, 4.69) is 49.4 Å². The van der Waals surface area contributed by atoms with Crippen molar-refractivity contribution in [2.24, 2.45) is 7.05 Å². The van der Waals surface area contributed by atoms with Crippen molar-refractivity contribution in [3.05, 3.63) is 35.5 Å². The van der Waals surface area contributed by atoms with Crippen molar-refractivity contribution in [3.63, 3.8) is 0 Å². The summed E-state index contributed by atoms with van der Waals surface area (Å²) in [5, 5.41) is 7.96. The molecule has 0 atom stereocenters. The maximum Gasteiger partial charge on any atom is 0.152 e. The molecule has 3 N–H and O–H groups in total. The molecule has 0 saturated carbocycles. The van der Waals surface area contributed by atoms with Gasteiger partial charge in [-0.2, -0.15) is 5.10 Å². The van der Waals surface area contributed by atoms with Crippen molar-refractivity contribution < 1.29 is 0 Å². The van der Waals surface area contributed by atoms with Crippen molar-refractivity contribution in [3.8, 4) is 0 Å². The SMILES string of the molecule is CCCc1ccccc1Nc1c(N)c(C(C)C)nn1C. The Hall–Kier alpha value is -1.97. The molecule has 0 radical (unpaired) electrons. The van der Waals surface area contributed by atoms with E-state index in [0.717, 1.165) is 35.7 Å². The van der Waals surface area contributed by atoms with E-state index < -0.39 is 0 Å². The molecule has 1 aromatic carbocycles. The van der Waals surface area contributed by atoms with Crippen molar-refractivity contribution in [2.45, 2.75) is 39.5 Å². The highest BCUT2D eigenvalue weighted by atomic mass is 15.3. The highest BCUT2D eigenvalue weighted by Gasteiger charge is 2.16. The first-order valence-corrected chi connectivity index (χ1v) is 7.21. The standard InChI is InChI=1S/C16H24N4/c1-5-8-12-9-6-7-10-13(12)18-16-14(17)15(11(2)3)19-20(16)4/h6-7,9-11,18H,5,8,17H2,1-4H3. The Bertz CT molecular complexity index is 584. The summed E-state index contributed by atoms with van der Waals surface area (Å²) in [7, 11) is 1.92. The number of nitrogens with zero attached hydrogens (tertiary/aromatic N) is 2. The molecule has 0 saturated heterocycles. The zero-order valence-electron chi connectivity index (χ0n) is 12.8. The van der Waals surface area contributed by atoms with Gasteiger partial charge in [0.25, 0.3) is 0 Å². The number of hydrogen-bond donors (Lipinski definition) is 2. The summed E-state index contributed by atoms with van der Waals surface area (Å²) in [5.41, 5.74) is 10.3. The predicted molar refractivity (Wildman–Crippen MR) is 85.4 cm³/mol. The number of rotatable bonds is 5. The molecule has 0 aliphatic rings. The van der Waals surface area contributed by atoms with Gasteiger partial charge in [0.15, 0.2) is 5.82 Å². The number of nitrogens with two attached hydrogens (primary N) is 1. The minimum Gasteiger partial charge on any atom is -0.394 e. The number of nitrogens with one attached hydrogen (secondary N) is 1. The predicted octanol–water partition coefficient (Wildman–Crippen LogP) is 3.82. The maximum absolute atomic E-state index is 6.23. The normalized spacial score (nSPS) is 11.1. The van der Waals surface area contributed by atoms with Crippen LogP contribution in [0.15, 0.2) is 24.3 Å². The van der Waals surface area contributed by atoms with E-state index in [1.165, 1.54) is 5.56 Å². The smallest absolute Gasteiger partial charge is 0.152 e. The van der Waals surface area contributed by atoms with Crippen LogP contribution in [0.2, 0.25) is 0 Å². The highest BCUT2D eigenvalue weighted by molar-refractivity contribution is 5.73. The summed E-state index contributed by atoms with van der Waals surface area (Å²) >= 11 is 0. The van der Waals surface area contributed by atoms with E-state index in [0.29, 0.717) is 5.92 Å².